The minimum atomic E-state index is 0.633. The van der Waals surface area contributed by atoms with Gasteiger partial charge < -0.3 is 5.32 Å². The molecule has 0 saturated carbocycles. The molecule has 18 heavy (non-hydrogen) atoms. The Labute approximate surface area is 111 Å². The number of hydrogen-bond donors (Lipinski definition) is 1. The molecule has 0 atom stereocenters. The number of aromatic nitrogens is 4. The molecule has 2 heterocycles. The summed E-state index contributed by atoms with van der Waals surface area (Å²) in [6.07, 6.45) is 0. The number of tetrazole rings is 1. The normalized spacial score (nSPS) is 11.3. The second-order valence-corrected chi connectivity index (χ2v) is 5.80. The number of hydrogen-bond acceptors (Lipinski definition) is 5. The largest absolute Gasteiger partial charge is 0.310 e. The number of nitrogens with zero attached hydrogens (tertiary/aromatic N) is 4. The Hall–Kier alpha value is -1.27. The molecule has 0 aliphatic heterocycles. The van der Waals surface area contributed by atoms with Gasteiger partial charge in [-0.3, -0.25) is 0 Å². The fourth-order valence-electron chi connectivity index (χ4n) is 1.65. The van der Waals surface area contributed by atoms with Crippen molar-refractivity contribution in [1.82, 2.24) is 25.5 Å². The van der Waals surface area contributed by atoms with Crippen LogP contribution in [0, 0.1) is 12.8 Å². The van der Waals surface area contributed by atoms with Crippen molar-refractivity contribution in [2.24, 2.45) is 5.92 Å². The van der Waals surface area contributed by atoms with Gasteiger partial charge in [-0.05, 0) is 46.8 Å². The maximum atomic E-state index is 4.07. The topological polar surface area (TPSA) is 55.6 Å². The molecular formula is C12H19N5S. The monoisotopic (exact) mass is 265 g/mol. The van der Waals surface area contributed by atoms with E-state index in [9.17, 15) is 0 Å². The average Bonchev–Trinajstić information content (AvgIpc) is 2.90. The molecule has 0 saturated heterocycles. The Morgan fingerprint density at radius 2 is 2.28 bits per heavy atom. The second kappa shape index (κ2) is 6.06. The van der Waals surface area contributed by atoms with E-state index < -0.39 is 0 Å². The number of thiophene rings is 1. The molecular weight excluding hydrogens is 246 g/mol. The molecule has 0 aromatic carbocycles. The highest BCUT2D eigenvalue weighted by Gasteiger charge is 2.08. The van der Waals surface area contributed by atoms with Crippen LogP contribution in [0.5, 0.6) is 0 Å². The summed E-state index contributed by atoms with van der Waals surface area (Å²) in [5.74, 6) is 1.53. The van der Waals surface area contributed by atoms with Crippen molar-refractivity contribution in [1.29, 1.82) is 0 Å². The van der Waals surface area contributed by atoms with Gasteiger partial charge in [0.1, 0.15) is 0 Å². The fraction of sp³-hybridized carbons (Fsp3) is 0.583. The third kappa shape index (κ3) is 3.36. The summed E-state index contributed by atoms with van der Waals surface area (Å²) in [4.78, 5) is 1.31. The smallest absolute Gasteiger partial charge is 0.165 e. The first kappa shape index (κ1) is 13.2. The zero-order valence-corrected chi connectivity index (χ0v) is 11.9. The van der Waals surface area contributed by atoms with Gasteiger partial charge in [0.05, 0.1) is 13.1 Å². The highest BCUT2D eigenvalue weighted by molar-refractivity contribution is 7.10. The van der Waals surface area contributed by atoms with Crippen LogP contribution in [0.3, 0.4) is 0 Å². The molecule has 0 spiro atoms. The summed E-state index contributed by atoms with van der Waals surface area (Å²) >= 11 is 1.75. The Balaban J connectivity index is 1.97. The Bertz CT molecular complexity index is 488. The summed E-state index contributed by atoms with van der Waals surface area (Å²) in [5.41, 5.74) is 1.30. The molecule has 98 valence electrons. The van der Waals surface area contributed by atoms with Crippen molar-refractivity contribution in [2.45, 2.75) is 33.9 Å². The van der Waals surface area contributed by atoms with Crippen LogP contribution in [0.25, 0.3) is 0 Å². The molecule has 0 aliphatic rings. The fourth-order valence-corrected chi connectivity index (χ4v) is 2.53. The average molecular weight is 265 g/mol. The molecule has 2 aromatic heterocycles. The molecule has 0 fully saturated rings. The van der Waals surface area contributed by atoms with Crippen LogP contribution >= 0.6 is 11.3 Å². The lowest BCUT2D eigenvalue weighted by atomic mass is 10.2. The van der Waals surface area contributed by atoms with Gasteiger partial charge in [0.15, 0.2) is 5.82 Å². The van der Waals surface area contributed by atoms with Gasteiger partial charge in [0.25, 0.3) is 0 Å². The second-order valence-electron chi connectivity index (χ2n) is 4.80. The van der Waals surface area contributed by atoms with Crippen LogP contribution in [-0.4, -0.2) is 26.8 Å². The van der Waals surface area contributed by atoms with Crippen LogP contribution in [0.1, 0.15) is 30.1 Å². The lowest BCUT2D eigenvalue weighted by Gasteiger charge is -2.07. The van der Waals surface area contributed by atoms with E-state index in [-0.39, 0.29) is 0 Å². The summed E-state index contributed by atoms with van der Waals surface area (Å²) in [6, 6.07) is 2.13. The van der Waals surface area contributed by atoms with E-state index >= 15 is 0 Å². The van der Waals surface area contributed by atoms with Crippen molar-refractivity contribution >= 4 is 11.3 Å². The van der Waals surface area contributed by atoms with E-state index in [1.165, 1.54) is 10.4 Å². The Morgan fingerprint density at radius 1 is 1.44 bits per heavy atom. The Kier molecular flexibility index (Phi) is 4.43. The maximum absolute atomic E-state index is 4.07. The van der Waals surface area contributed by atoms with Crippen molar-refractivity contribution in [3.05, 3.63) is 27.7 Å². The first-order valence-electron chi connectivity index (χ1n) is 6.15. The number of rotatable bonds is 6. The molecule has 0 bridgehead atoms. The van der Waals surface area contributed by atoms with E-state index in [4.69, 9.17) is 0 Å². The summed E-state index contributed by atoms with van der Waals surface area (Å²) in [7, 11) is 0. The quantitative estimate of drug-likeness (QED) is 0.866. The third-order valence-corrected chi connectivity index (χ3v) is 3.71. The van der Waals surface area contributed by atoms with Gasteiger partial charge in [-0.2, -0.15) is 0 Å². The van der Waals surface area contributed by atoms with E-state index in [2.05, 4.69) is 53.1 Å². The van der Waals surface area contributed by atoms with Crippen molar-refractivity contribution in [3.8, 4) is 0 Å². The summed E-state index contributed by atoms with van der Waals surface area (Å²) in [5, 5.41) is 17.3. The van der Waals surface area contributed by atoms with Crippen molar-refractivity contribution in [2.75, 3.05) is 6.54 Å². The summed E-state index contributed by atoms with van der Waals surface area (Å²) < 4.78 is 1.87. The lowest BCUT2D eigenvalue weighted by Crippen LogP contribution is -2.22. The molecule has 0 unspecified atom stereocenters. The van der Waals surface area contributed by atoms with Crippen LogP contribution in [0.4, 0.5) is 0 Å². The minimum Gasteiger partial charge on any atom is -0.310 e. The SMILES string of the molecule is Cc1ccsc1Cn1nnnc1CNCC(C)C. The van der Waals surface area contributed by atoms with E-state index in [1.807, 2.05) is 4.68 Å². The number of aryl methyl sites for hydroxylation is 1. The standard InChI is InChI=1S/C12H19N5S/c1-9(2)6-13-7-12-14-15-16-17(12)8-11-10(3)4-5-18-11/h4-5,9,13H,6-8H2,1-3H3. The molecule has 2 rings (SSSR count). The number of nitrogens with one attached hydrogen (secondary N) is 1. The van der Waals surface area contributed by atoms with E-state index in [1.54, 1.807) is 11.3 Å². The third-order valence-electron chi connectivity index (χ3n) is 2.70. The van der Waals surface area contributed by atoms with Crippen molar-refractivity contribution in [3.63, 3.8) is 0 Å². The first-order chi connectivity index (χ1) is 8.66. The highest BCUT2D eigenvalue weighted by atomic mass is 32.1. The maximum Gasteiger partial charge on any atom is 0.165 e. The molecule has 1 N–H and O–H groups in total. The van der Waals surface area contributed by atoms with Gasteiger partial charge in [-0.25, -0.2) is 4.68 Å². The van der Waals surface area contributed by atoms with Crippen molar-refractivity contribution < 1.29 is 0 Å². The first-order valence-corrected chi connectivity index (χ1v) is 7.03. The molecule has 0 aliphatic carbocycles. The molecule has 0 radical (unpaired) electrons. The van der Waals surface area contributed by atoms with Gasteiger partial charge >= 0.3 is 0 Å². The van der Waals surface area contributed by atoms with Crippen LogP contribution in [-0.2, 0) is 13.1 Å². The minimum absolute atomic E-state index is 0.633. The predicted octanol–water partition coefficient (Wildman–Crippen LogP) is 1.84. The van der Waals surface area contributed by atoms with Gasteiger partial charge in [-0.1, -0.05) is 13.8 Å². The van der Waals surface area contributed by atoms with Crippen LogP contribution < -0.4 is 5.32 Å². The van der Waals surface area contributed by atoms with Gasteiger partial charge in [0.2, 0.25) is 0 Å². The van der Waals surface area contributed by atoms with Crippen LogP contribution in [0.2, 0.25) is 0 Å². The predicted molar refractivity (Wildman–Crippen MR) is 72.5 cm³/mol. The highest BCUT2D eigenvalue weighted by Crippen LogP contribution is 2.16. The zero-order valence-electron chi connectivity index (χ0n) is 11.1. The molecule has 6 heteroatoms. The Morgan fingerprint density at radius 3 is 2.94 bits per heavy atom. The zero-order chi connectivity index (χ0) is 13.0. The van der Waals surface area contributed by atoms with E-state index in [0.717, 1.165) is 25.5 Å². The van der Waals surface area contributed by atoms with E-state index in [0.29, 0.717) is 5.92 Å². The summed E-state index contributed by atoms with van der Waals surface area (Å²) in [6.45, 7) is 8.94. The molecule has 0 amide bonds. The molecule has 5 nitrogen and oxygen atoms in total. The lowest BCUT2D eigenvalue weighted by molar-refractivity contribution is 0.523. The van der Waals surface area contributed by atoms with Gasteiger partial charge in [-0.15, -0.1) is 16.4 Å². The van der Waals surface area contributed by atoms with Crippen LogP contribution in [0.15, 0.2) is 11.4 Å². The molecule has 2 aromatic rings. The van der Waals surface area contributed by atoms with Gasteiger partial charge in [0, 0.05) is 4.88 Å².